The van der Waals surface area contributed by atoms with Crippen LogP contribution in [0.3, 0.4) is 0 Å². The van der Waals surface area contributed by atoms with Crippen molar-refractivity contribution in [2.75, 3.05) is 39.4 Å². The number of ether oxygens (including phenoxy) is 1. The van der Waals surface area contributed by atoms with E-state index in [1.807, 2.05) is 6.92 Å². The van der Waals surface area contributed by atoms with Gasteiger partial charge < -0.3 is 10.1 Å². The van der Waals surface area contributed by atoms with E-state index in [9.17, 15) is 4.79 Å². The van der Waals surface area contributed by atoms with Gasteiger partial charge in [-0.25, -0.2) is 0 Å². The molecule has 0 radical (unpaired) electrons. The van der Waals surface area contributed by atoms with Gasteiger partial charge in [0.25, 0.3) is 0 Å². The number of unbranched alkanes of at least 4 members (excludes halogenated alkanes) is 1. The second-order valence-corrected chi connectivity index (χ2v) is 6.66. The zero-order chi connectivity index (χ0) is 18.1. The van der Waals surface area contributed by atoms with E-state index in [1.165, 1.54) is 6.08 Å². The molecule has 7 heteroatoms. The molecule has 2 heterocycles. The Bertz CT molecular complexity index is 580. The molecule has 1 saturated heterocycles. The Morgan fingerprint density at radius 2 is 2.08 bits per heavy atom. The monoisotopic (exact) mass is 368 g/mol. The lowest BCUT2D eigenvalue weighted by Crippen LogP contribution is -2.38. The van der Waals surface area contributed by atoms with Crippen LogP contribution >= 0.6 is 11.6 Å². The van der Waals surface area contributed by atoms with Gasteiger partial charge in [-0.15, -0.1) is 0 Å². The first-order chi connectivity index (χ1) is 12.1. The van der Waals surface area contributed by atoms with Crippen molar-refractivity contribution in [3.05, 3.63) is 22.5 Å². The molecule has 1 aliphatic heterocycles. The number of carbonyl (C=O) groups is 1. The maximum atomic E-state index is 12.0. The molecule has 0 spiro atoms. The Labute approximate surface area is 155 Å². The Morgan fingerprint density at radius 1 is 1.32 bits per heavy atom. The summed E-state index contributed by atoms with van der Waals surface area (Å²) in [5, 5.41) is 7.96. The summed E-state index contributed by atoms with van der Waals surface area (Å²) in [6, 6.07) is 0. The molecular weight excluding hydrogens is 340 g/mol. The van der Waals surface area contributed by atoms with Gasteiger partial charge in [-0.05, 0) is 32.4 Å². The minimum absolute atomic E-state index is 0.0984. The van der Waals surface area contributed by atoms with Gasteiger partial charge in [-0.1, -0.05) is 24.9 Å². The molecule has 140 valence electrons. The highest BCUT2D eigenvalue weighted by molar-refractivity contribution is 6.31. The van der Waals surface area contributed by atoms with Crippen molar-refractivity contribution < 1.29 is 9.53 Å². The van der Waals surface area contributed by atoms with Crippen LogP contribution in [-0.4, -0.2) is 60.0 Å². The summed E-state index contributed by atoms with van der Waals surface area (Å²) < 4.78 is 7.13. The number of carbonyl (C=O) groups excluding carboxylic acids is 1. The zero-order valence-corrected chi connectivity index (χ0v) is 16.0. The predicted octanol–water partition coefficient (Wildman–Crippen LogP) is 2.50. The van der Waals surface area contributed by atoms with Crippen LogP contribution in [0.2, 0.25) is 5.15 Å². The Balaban J connectivity index is 1.75. The first-order valence-corrected chi connectivity index (χ1v) is 9.48. The fraction of sp³-hybridized carbons (Fsp3) is 0.667. The smallest absolute Gasteiger partial charge is 0.244 e. The summed E-state index contributed by atoms with van der Waals surface area (Å²) in [6.07, 6.45) is 6.36. The summed E-state index contributed by atoms with van der Waals surface area (Å²) in [5.41, 5.74) is 1.67. The molecule has 0 unspecified atom stereocenters. The Hall–Kier alpha value is -1.37. The highest BCUT2D eigenvalue weighted by Gasteiger charge is 2.11. The third-order valence-electron chi connectivity index (χ3n) is 4.29. The highest BCUT2D eigenvalue weighted by Crippen LogP contribution is 2.21. The molecule has 1 N–H and O–H groups in total. The fourth-order valence-electron chi connectivity index (χ4n) is 2.77. The number of nitrogens with zero attached hydrogens (tertiary/aromatic N) is 3. The van der Waals surface area contributed by atoms with Crippen LogP contribution in [0.1, 0.15) is 37.4 Å². The van der Waals surface area contributed by atoms with Crippen molar-refractivity contribution in [1.29, 1.82) is 0 Å². The molecule has 1 aromatic heterocycles. The summed E-state index contributed by atoms with van der Waals surface area (Å²) in [4.78, 5) is 14.3. The van der Waals surface area contributed by atoms with Crippen molar-refractivity contribution in [1.82, 2.24) is 20.0 Å². The van der Waals surface area contributed by atoms with E-state index in [-0.39, 0.29) is 5.91 Å². The van der Waals surface area contributed by atoms with Gasteiger partial charge in [-0.3, -0.25) is 14.4 Å². The fourth-order valence-corrected chi connectivity index (χ4v) is 3.09. The molecule has 0 aliphatic carbocycles. The SMILES string of the molecule is CCCCn1nc(C)c(/C=C/C(=O)NCCCN2CCOCC2)c1Cl. The topological polar surface area (TPSA) is 59.4 Å². The van der Waals surface area contributed by atoms with Crippen LogP contribution in [-0.2, 0) is 16.1 Å². The van der Waals surface area contributed by atoms with E-state index >= 15 is 0 Å². The van der Waals surface area contributed by atoms with Gasteiger partial charge in [0, 0.05) is 37.8 Å². The summed E-state index contributed by atoms with van der Waals surface area (Å²) in [6.45, 7) is 10.1. The number of morpholine rings is 1. The predicted molar refractivity (Wildman–Crippen MR) is 101 cm³/mol. The molecule has 2 rings (SSSR count). The molecule has 0 saturated carbocycles. The number of hydrogen-bond acceptors (Lipinski definition) is 4. The quantitative estimate of drug-likeness (QED) is 0.537. The second kappa shape index (κ2) is 10.6. The van der Waals surface area contributed by atoms with E-state index < -0.39 is 0 Å². The second-order valence-electron chi connectivity index (χ2n) is 6.30. The van der Waals surface area contributed by atoms with E-state index in [2.05, 4.69) is 22.2 Å². The van der Waals surface area contributed by atoms with Gasteiger partial charge >= 0.3 is 0 Å². The zero-order valence-electron chi connectivity index (χ0n) is 15.3. The van der Waals surface area contributed by atoms with Gasteiger partial charge in [0.1, 0.15) is 5.15 Å². The van der Waals surface area contributed by atoms with Gasteiger partial charge in [-0.2, -0.15) is 5.10 Å². The van der Waals surface area contributed by atoms with Crippen molar-refractivity contribution >= 4 is 23.6 Å². The lowest BCUT2D eigenvalue weighted by molar-refractivity contribution is -0.116. The van der Waals surface area contributed by atoms with Crippen molar-refractivity contribution in [3.63, 3.8) is 0 Å². The number of rotatable bonds is 9. The average molecular weight is 369 g/mol. The number of nitrogens with one attached hydrogen (secondary N) is 1. The van der Waals surface area contributed by atoms with E-state index in [0.717, 1.165) is 69.9 Å². The minimum Gasteiger partial charge on any atom is -0.379 e. The van der Waals surface area contributed by atoms with Crippen LogP contribution in [0.4, 0.5) is 0 Å². The van der Waals surface area contributed by atoms with E-state index in [0.29, 0.717) is 11.7 Å². The maximum Gasteiger partial charge on any atom is 0.244 e. The first-order valence-electron chi connectivity index (χ1n) is 9.10. The van der Waals surface area contributed by atoms with Gasteiger partial charge in [0.2, 0.25) is 5.91 Å². The average Bonchev–Trinajstić information content (AvgIpc) is 2.89. The number of aromatic nitrogens is 2. The van der Waals surface area contributed by atoms with Crippen LogP contribution in [0, 0.1) is 6.92 Å². The van der Waals surface area contributed by atoms with Crippen LogP contribution in [0.15, 0.2) is 6.08 Å². The summed E-state index contributed by atoms with van der Waals surface area (Å²) in [7, 11) is 0. The van der Waals surface area contributed by atoms with Crippen LogP contribution in [0.25, 0.3) is 6.08 Å². The standard InChI is InChI=1S/C18H29ClN4O2/c1-3-4-10-23-18(19)16(15(2)21-23)6-7-17(24)20-8-5-9-22-11-13-25-14-12-22/h6-7H,3-5,8-14H2,1-2H3,(H,20,24)/b7-6+. The van der Waals surface area contributed by atoms with Crippen LogP contribution < -0.4 is 5.32 Å². The molecule has 6 nitrogen and oxygen atoms in total. The van der Waals surface area contributed by atoms with Crippen LogP contribution in [0.5, 0.6) is 0 Å². The van der Waals surface area contributed by atoms with Crippen molar-refractivity contribution in [2.24, 2.45) is 0 Å². The summed E-state index contributed by atoms with van der Waals surface area (Å²) in [5.74, 6) is -0.0984. The lowest BCUT2D eigenvalue weighted by atomic mass is 10.2. The van der Waals surface area contributed by atoms with Gasteiger partial charge in [0.05, 0.1) is 18.9 Å². The molecule has 0 aromatic carbocycles. The molecule has 1 aliphatic rings. The van der Waals surface area contributed by atoms with Gasteiger partial charge in [0.15, 0.2) is 0 Å². The molecule has 0 bridgehead atoms. The number of hydrogen-bond donors (Lipinski definition) is 1. The van der Waals surface area contributed by atoms with Crippen molar-refractivity contribution in [3.8, 4) is 0 Å². The molecule has 0 atom stereocenters. The van der Waals surface area contributed by atoms with E-state index in [4.69, 9.17) is 16.3 Å². The molecule has 1 amide bonds. The third-order valence-corrected chi connectivity index (χ3v) is 4.69. The number of amides is 1. The van der Waals surface area contributed by atoms with Crippen molar-refractivity contribution in [2.45, 2.75) is 39.7 Å². The number of aryl methyl sites for hydroxylation is 2. The Kier molecular flexibility index (Phi) is 8.44. The third kappa shape index (κ3) is 6.45. The lowest BCUT2D eigenvalue weighted by Gasteiger charge is -2.26. The summed E-state index contributed by atoms with van der Waals surface area (Å²) >= 11 is 6.36. The highest BCUT2D eigenvalue weighted by atomic mass is 35.5. The molecule has 1 fully saturated rings. The minimum atomic E-state index is -0.0984. The number of halogens is 1. The normalized spacial score (nSPS) is 15.8. The van der Waals surface area contributed by atoms with E-state index in [1.54, 1.807) is 10.8 Å². The molecule has 25 heavy (non-hydrogen) atoms. The Morgan fingerprint density at radius 3 is 2.80 bits per heavy atom. The molecule has 1 aromatic rings. The first kappa shape index (κ1) is 19.9. The largest absolute Gasteiger partial charge is 0.379 e. The molecular formula is C18H29ClN4O2. The maximum absolute atomic E-state index is 12.0.